The summed E-state index contributed by atoms with van der Waals surface area (Å²) in [5.41, 5.74) is 7.40. The number of aromatic nitrogens is 3. The first-order valence-electron chi connectivity index (χ1n) is 13.4. The van der Waals surface area contributed by atoms with Gasteiger partial charge in [0.2, 0.25) is 5.11 Å². The van der Waals surface area contributed by atoms with E-state index in [-0.39, 0.29) is 22.7 Å². The standard InChI is InChI=1S/C30H25ClF3N7O2S2/c1-17(2)23-13-4-18(3)14-24(23)41-27(42)25(31)45-29(41)37-28(44)38-36-15-19-5-7-20(8-6-19)26-35-16-40(39-26)21-9-11-22(12-10-21)43-30(32,33)34/h4-17,25H,1-3H3,(H,38,44)/b36-15+,37-29?. The summed E-state index contributed by atoms with van der Waals surface area (Å²) in [6, 6.07) is 18.4. The van der Waals surface area contributed by atoms with Gasteiger partial charge in [0.25, 0.3) is 5.91 Å². The molecule has 1 N–H and O–H groups in total. The van der Waals surface area contributed by atoms with E-state index in [0.29, 0.717) is 22.2 Å². The molecule has 5 rings (SSSR count). The maximum atomic E-state index is 13.0. The molecule has 1 amide bonds. The van der Waals surface area contributed by atoms with Crippen LogP contribution in [-0.2, 0) is 4.79 Å². The molecule has 45 heavy (non-hydrogen) atoms. The van der Waals surface area contributed by atoms with Crippen molar-refractivity contribution >= 4 is 63.7 Å². The van der Waals surface area contributed by atoms with Gasteiger partial charge >= 0.3 is 6.36 Å². The van der Waals surface area contributed by atoms with Gasteiger partial charge in [-0.1, -0.05) is 73.6 Å². The van der Waals surface area contributed by atoms with Crippen molar-refractivity contribution < 1.29 is 22.7 Å². The van der Waals surface area contributed by atoms with Crippen LogP contribution in [0.4, 0.5) is 18.9 Å². The van der Waals surface area contributed by atoms with Crippen LogP contribution in [0, 0.1) is 6.92 Å². The van der Waals surface area contributed by atoms with Gasteiger partial charge in [-0.25, -0.2) is 9.67 Å². The molecule has 0 spiro atoms. The van der Waals surface area contributed by atoms with Crippen molar-refractivity contribution in [3.8, 4) is 22.8 Å². The monoisotopic (exact) mass is 671 g/mol. The number of carbonyl (C=O) groups is 1. The van der Waals surface area contributed by atoms with Crippen LogP contribution >= 0.6 is 35.6 Å². The normalized spacial score (nSPS) is 16.3. The number of aryl methyl sites for hydroxylation is 1. The predicted molar refractivity (Wildman–Crippen MR) is 174 cm³/mol. The Bertz CT molecular complexity index is 1780. The number of thiocarbonyl (C=S) groups is 1. The lowest BCUT2D eigenvalue weighted by atomic mass is 9.99. The fourth-order valence-electron chi connectivity index (χ4n) is 4.34. The zero-order chi connectivity index (χ0) is 32.3. The zero-order valence-electron chi connectivity index (χ0n) is 24.0. The van der Waals surface area contributed by atoms with Crippen LogP contribution in [0.5, 0.6) is 5.75 Å². The van der Waals surface area contributed by atoms with E-state index in [2.05, 4.69) is 44.2 Å². The second-order valence-electron chi connectivity index (χ2n) is 10.1. The summed E-state index contributed by atoms with van der Waals surface area (Å²) >= 11 is 12.8. The molecule has 1 aliphatic heterocycles. The molecule has 1 unspecified atom stereocenters. The van der Waals surface area contributed by atoms with Crippen LogP contribution in [0.1, 0.15) is 36.5 Å². The smallest absolute Gasteiger partial charge is 0.406 e. The number of hydrogen-bond donors (Lipinski definition) is 1. The quantitative estimate of drug-likeness (QED) is 0.0963. The van der Waals surface area contributed by atoms with Crippen molar-refractivity contribution in [2.75, 3.05) is 4.90 Å². The maximum Gasteiger partial charge on any atom is 0.573 e. The lowest BCUT2D eigenvalue weighted by molar-refractivity contribution is -0.274. The fourth-order valence-corrected chi connectivity index (χ4v) is 5.70. The summed E-state index contributed by atoms with van der Waals surface area (Å²) < 4.78 is 41.7. The largest absolute Gasteiger partial charge is 0.573 e. The lowest BCUT2D eigenvalue weighted by Gasteiger charge is -2.22. The fraction of sp³-hybridized carbons (Fsp3) is 0.200. The van der Waals surface area contributed by atoms with E-state index in [1.807, 2.05) is 25.1 Å². The highest BCUT2D eigenvalue weighted by Gasteiger charge is 2.39. The summed E-state index contributed by atoms with van der Waals surface area (Å²) in [4.78, 5) is 23.2. The topological polar surface area (TPSA) is 97.0 Å². The van der Waals surface area contributed by atoms with Crippen molar-refractivity contribution in [1.29, 1.82) is 0 Å². The number of aliphatic imine (C=N–C) groups is 1. The molecular weight excluding hydrogens is 647 g/mol. The number of anilines is 1. The number of alkyl halides is 4. The highest BCUT2D eigenvalue weighted by atomic mass is 35.5. The molecular formula is C30H25ClF3N7O2S2. The van der Waals surface area contributed by atoms with Gasteiger partial charge in [-0.05, 0) is 72.1 Å². The van der Waals surface area contributed by atoms with Crippen LogP contribution in [-0.4, -0.2) is 48.2 Å². The van der Waals surface area contributed by atoms with Crippen LogP contribution < -0.4 is 15.1 Å². The predicted octanol–water partition coefficient (Wildman–Crippen LogP) is 7.17. The molecule has 9 nitrogen and oxygen atoms in total. The molecule has 1 saturated heterocycles. The van der Waals surface area contributed by atoms with Gasteiger partial charge in [0.15, 0.2) is 15.7 Å². The molecule has 1 fully saturated rings. The Kier molecular flexibility index (Phi) is 9.56. The van der Waals surface area contributed by atoms with E-state index in [4.69, 9.17) is 23.8 Å². The van der Waals surface area contributed by atoms with Crippen molar-refractivity contribution in [2.45, 2.75) is 37.8 Å². The Balaban J connectivity index is 1.23. The molecule has 1 aromatic heterocycles. The first-order valence-corrected chi connectivity index (χ1v) is 15.2. The molecule has 0 saturated carbocycles. The number of thioether (sulfide) groups is 1. The van der Waals surface area contributed by atoms with Crippen molar-refractivity contribution in [1.82, 2.24) is 20.2 Å². The first-order chi connectivity index (χ1) is 21.4. The number of amides is 1. The molecule has 4 aromatic rings. The minimum absolute atomic E-state index is 0.0560. The average molecular weight is 672 g/mol. The third-order valence-electron chi connectivity index (χ3n) is 6.43. The van der Waals surface area contributed by atoms with Gasteiger partial charge in [-0.15, -0.1) is 18.3 Å². The summed E-state index contributed by atoms with van der Waals surface area (Å²) in [6.07, 6.45) is -1.75. The minimum Gasteiger partial charge on any atom is -0.406 e. The van der Waals surface area contributed by atoms with Crippen LogP contribution in [0.2, 0.25) is 0 Å². The maximum absolute atomic E-state index is 13.0. The number of hydrogen-bond acceptors (Lipinski definition) is 7. The zero-order valence-corrected chi connectivity index (χ0v) is 26.4. The number of benzene rings is 3. The Hall–Kier alpha value is -4.27. The van der Waals surface area contributed by atoms with Gasteiger partial charge in [0.1, 0.15) is 12.1 Å². The summed E-state index contributed by atoms with van der Waals surface area (Å²) in [5.74, 6) is -0.0206. The SMILES string of the molecule is Cc1ccc(C(C)C)c(N2C(=O)C(Cl)SC2=NC(=S)N/N=C/c2ccc(-c3ncn(-c4ccc(OC(F)(F)F)cc4)n3)cc2)c1. The number of rotatable bonds is 7. The first kappa shape index (κ1) is 32.1. The number of ether oxygens (including phenoxy) is 1. The van der Waals surface area contributed by atoms with Gasteiger partial charge in [-0.3, -0.25) is 15.1 Å². The van der Waals surface area contributed by atoms with Gasteiger partial charge in [0.05, 0.1) is 17.6 Å². The summed E-state index contributed by atoms with van der Waals surface area (Å²) in [7, 11) is 0. The Morgan fingerprint density at radius 2 is 1.84 bits per heavy atom. The van der Waals surface area contributed by atoms with E-state index in [0.717, 1.165) is 34.1 Å². The molecule has 1 aliphatic rings. The van der Waals surface area contributed by atoms with Crippen molar-refractivity contribution in [2.24, 2.45) is 10.1 Å². The number of nitrogens with zero attached hydrogens (tertiary/aromatic N) is 6. The van der Waals surface area contributed by atoms with Crippen molar-refractivity contribution in [3.63, 3.8) is 0 Å². The number of carbonyl (C=O) groups excluding carboxylic acids is 1. The lowest BCUT2D eigenvalue weighted by Crippen LogP contribution is -2.33. The molecule has 3 aromatic carbocycles. The molecule has 0 bridgehead atoms. The molecule has 0 aliphatic carbocycles. The van der Waals surface area contributed by atoms with Crippen LogP contribution in [0.15, 0.2) is 83.2 Å². The summed E-state index contributed by atoms with van der Waals surface area (Å²) in [5, 5.41) is 8.99. The third kappa shape index (κ3) is 7.88. The molecule has 15 heteroatoms. The Labute approximate surface area is 271 Å². The van der Waals surface area contributed by atoms with E-state index >= 15 is 0 Å². The molecule has 1 atom stereocenters. The molecule has 0 radical (unpaired) electrons. The minimum atomic E-state index is -4.76. The highest BCUT2D eigenvalue weighted by Crippen LogP contribution is 2.38. The van der Waals surface area contributed by atoms with E-state index in [1.54, 1.807) is 30.5 Å². The number of amidine groups is 1. The van der Waals surface area contributed by atoms with Gasteiger partial charge in [-0.2, -0.15) is 10.1 Å². The molecule has 232 valence electrons. The Morgan fingerprint density at radius 1 is 1.13 bits per heavy atom. The van der Waals surface area contributed by atoms with E-state index in [9.17, 15) is 18.0 Å². The second kappa shape index (κ2) is 13.4. The van der Waals surface area contributed by atoms with E-state index < -0.39 is 11.1 Å². The summed E-state index contributed by atoms with van der Waals surface area (Å²) in [6.45, 7) is 6.06. The van der Waals surface area contributed by atoms with Crippen LogP contribution in [0.25, 0.3) is 17.1 Å². The number of hydrazone groups is 1. The van der Waals surface area contributed by atoms with Crippen molar-refractivity contribution in [3.05, 3.63) is 89.7 Å². The van der Waals surface area contributed by atoms with Crippen LogP contribution in [0.3, 0.4) is 0 Å². The van der Waals surface area contributed by atoms with Gasteiger partial charge < -0.3 is 4.74 Å². The van der Waals surface area contributed by atoms with Gasteiger partial charge in [0, 0.05) is 5.56 Å². The number of nitrogens with one attached hydrogen (secondary N) is 1. The van der Waals surface area contributed by atoms with E-state index in [1.165, 1.54) is 40.2 Å². The number of halogens is 4. The Morgan fingerprint density at radius 3 is 2.51 bits per heavy atom. The molecule has 2 heterocycles. The highest BCUT2D eigenvalue weighted by molar-refractivity contribution is 8.17. The third-order valence-corrected chi connectivity index (χ3v) is 7.96. The second-order valence-corrected chi connectivity index (χ2v) is 12.2. The average Bonchev–Trinajstić information content (AvgIpc) is 3.57.